The van der Waals surface area contributed by atoms with Crippen LogP contribution in [0.15, 0.2) is 0 Å². The van der Waals surface area contributed by atoms with Gasteiger partial charge in [0.15, 0.2) is 0 Å². The minimum atomic E-state index is 0.360. The van der Waals surface area contributed by atoms with Crippen LogP contribution in [0.25, 0.3) is 0 Å². The van der Waals surface area contributed by atoms with Crippen LogP contribution in [-0.4, -0.2) is 30.8 Å². The molecule has 2 nitrogen and oxygen atoms in total. The highest BCUT2D eigenvalue weighted by Crippen LogP contribution is 2.28. The lowest BCUT2D eigenvalue weighted by Gasteiger charge is -2.18. The quantitative estimate of drug-likeness (QED) is 0.785. The third kappa shape index (κ3) is 3.65. The Bertz CT molecular complexity index is 176. The van der Waals surface area contributed by atoms with Crippen LogP contribution in [0, 0.1) is 11.8 Å². The average molecular weight is 229 g/mol. The van der Waals surface area contributed by atoms with Gasteiger partial charge in [-0.25, -0.2) is 0 Å². The Morgan fingerprint density at radius 3 is 2.73 bits per heavy atom. The van der Waals surface area contributed by atoms with Gasteiger partial charge in [0.25, 0.3) is 0 Å². The fourth-order valence-electron chi connectivity index (χ4n) is 2.57. The summed E-state index contributed by atoms with van der Waals surface area (Å²) in [6.07, 6.45) is 6.98. The van der Waals surface area contributed by atoms with E-state index in [1.165, 1.54) is 37.9 Å². The summed E-state index contributed by atoms with van der Waals surface area (Å²) in [5.41, 5.74) is 6.16. The zero-order valence-corrected chi connectivity index (χ0v) is 10.3. The van der Waals surface area contributed by atoms with Gasteiger partial charge in [-0.1, -0.05) is 12.8 Å². The van der Waals surface area contributed by atoms with Crippen LogP contribution >= 0.6 is 11.8 Å². The molecule has 1 heterocycles. The molecule has 2 N–H and O–H groups in total. The molecule has 2 rings (SSSR count). The zero-order chi connectivity index (χ0) is 10.5. The van der Waals surface area contributed by atoms with Crippen molar-refractivity contribution < 1.29 is 4.74 Å². The molecular weight excluding hydrogens is 206 g/mol. The van der Waals surface area contributed by atoms with Gasteiger partial charge in [0.05, 0.1) is 6.61 Å². The topological polar surface area (TPSA) is 35.2 Å². The summed E-state index contributed by atoms with van der Waals surface area (Å²) in [6.45, 7) is 1.82. The second-order valence-corrected chi connectivity index (χ2v) is 6.05. The van der Waals surface area contributed by atoms with Gasteiger partial charge in [0.1, 0.15) is 0 Å². The van der Waals surface area contributed by atoms with Gasteiger partial charge < -0.3 is 10.5 Å². The van der Waals surface area contributed by atoms with Gasteiger partial charge in [-0.2, -0.15) is 11.8 Å². The van der Waals surface area contributed by atoms with Crippen LogP contribution in [0.3, 0.4) is 0 Å². The van der Waals surface area contributed by atoms with Crippen molar-refractivity contribution >= 4 is 11.8 Å². The maximum Gasteiger partial charge on any atom is 0.0510 e. The van der Waals surface area contributed by atoms with Crippen LogP contribution < -0.4 is 5.73 Å². The van der Waals surface area contributed by atoms with Gasteiger partial charge in [-0.15, -0.1) is 0 Å². The number of thioether (sulfide) groups is 1. The van der Waals surface area contributed by atoms with Crippen molar-refractivity contribution in [2.75, 3.05) is 24.7 Å². The Morgan fingerprint density at radius 1 is 1.27 bits per heavy atom. The summed E-state index contributed by atoms with van der Waals surface area (Å²) in [5.74, 6) is 4.08. The summed E-state index contributed by atoms with van der Waals surface area (Å²) in [7, 11) is 0. The average Bonchev–Trinajstić information content (AvgIpc) is 2.90. The lowest BCUT2D eigenvalue weighted by atomic mass is 10.0. The molecule has 2 aliphatic rings. The molecule has 15 heavy (non-hydrogen) atoms. The van der Waals surface area contributed by atoms with Gasteiger partial charge in [0, 0.05) is 24.3 Å². The predicted molar refractivity (Wildman–Crippen MR) is 66.2 cm³/mol. The van der Waals surface area contributed by atoms with E-state index in [2.05, 4.69) is 11.8 Å². The lowest BCUT2D eigenvalue weighted by molar-refractivity contribution is 0.182. The van der Waals surface area contributed by atoms with Crippen molar-refractivity contribution in [3.63, 3.8) is 0 Å². The Balaban J connectivity index is 1.56. The molecule has 0 radical (unpaired) electrons. The Labute approximate surface area is 97.3 Å². The van der Waals surface area contributed by atoms with E-state index >= 15 is 0 Å². The first-order valence-electron chi connectivity index (χ1n) is 6.27. The maximum absolute atomic E-state index is 6.16. The fraction of sp³-hybridized carbons (Fsp3) is 1.00. The first-order chi connectivity index (χ1) is 7.36. The van der Waals surface area contributed by atoms with Gasteiger partial charge in [-0.3, -0.25) is 0 Å². The molecule has 0 aromatic heterocycles. The lowest BCUT2D eigenvalue weighted by Crippen LogP contribution is -2.33. The normalized spacial score (nSPS) is 29.8. The van der Waals surface area contributed by atoms with Crippen LogP contribution in [0.1, 0.15) is 32.1 Å². The van der Waals surface area contributed by atoms with E-state index in [0.29, 0.717) is 12.0 Å². The first-order valence-corrected chi connectivity index (χ1v) is 7.43. The minimum Gasteiger partial charge on any atom is -0.381 e. The molecule has 1 saturated heterocycles. The summed E-state index contributed by atoms with van der Waals surface area (Å²) in [4.78, 5) is 0. The number of rotatable bonds is 5. The van der Waals surface area contributed by atoms with Crippen molar-refractivity contribution in [3.05, 3.63) is 0 Å². The SMILES string of the molecule is NC(CSCC1CCCC1)C1CCOC1. The van der Waals surface area contributed by atoms with E-state index in [4.69, 9.17) is 10.5 Å². The molecule has 2 unspecified atom stereocenters. The molecule has 1 aliphatic heterocycles. The monoisotopic (exact) mass is 229 g/mol. The fourth-order valence-corrected chi connectivity index (χ4v) is 3.92. The van der Waals surface area contributed by atoms with Gasteiger partial charge in [-0.05, 0) is 30.9 Å². The number of nitrogens with two attached hydrogens (primary N) is 1. The van der Waals surface area contributed by atoms with Crippen molar-refractivity contribution in [3.8, 4) is 0 Å². The van der Waals surface area contributed by atoms with E-state index in [-0.39, 0.29) is 0 Å². The van der Waals surface area contributed by atoms with Gasteiger partial charge >= 0.3 is 0 Å². The third-order valence-corrected chi connectivity index (χ3v) is 5.04. The largest absolute Gasteiger partial charge is 0.381 e. The van der Waals surface area contributed by atoms with Crippen LogP contribution in [0.4, 0.5) is 0 Å². The Hall–Kier alpha value is 0.270. The van der Waals surface area contributed by atoms with E-state index in [1.54, 1.807) is 0 Å². The first kappa shape index (κ1) is 11.7. The highest BCUT2D eigenvalue weighted by atomic mass is 32.2. The van der Waals surface area contributed by atoms with E-state index in [1.807, 2.05) is 0 Å². The summed E-state index contributed by atoms with van der Waals surface area (Å²) in [5, 5.41) is 0. The molecule has 1 saturated carbocycles. The molecule has 0 amide bonds. The number of hydrogen-bond acceptors (Lipinski definition) is 3. The Kier molecular flexibility index (Phi) is 4.79. The van der Waals surface area contributed by atoms with E-state index in [0.717, 1.165) is 24.9 Å². The molecule has 2 fully saturated rings. The van der Waals surface area contributed by atoms with E-state index in [9.17, 15) is 0 Å². The summed E-state index contributed by atoms with van der Waals surface area (Å²) < 4.78 is 5.37. The third-order valence-electron chi connectivity index (χ3n) is 3.71. The molecule has 1 aliphatic carbocycles. The van der Waals surface area contributed by atoms with Crippen molar-refractivity contribution in [1.29, 1.82) is 0 Å². The standard InChI is InChI=1S/C12H23NOS/c13-12(11-5-6-14-7-11)9-15-8-10-3-1-2-4-10/h10-12H,1-9,13H2. The molecule has 0 spiro atoms. The molecule has 2 atom stereocenters. The highest BCUT2D eigenvalue weighted by molar-refractivity contribution is 7.99. The Morgan fingerprint density at radius 2 is 2.07 bits per heavy atom. The van der Waals surface area contributed by atoms with E-state index < -0.39 is 0 Å². The smallest absolute Gasteiger partial charge is 0.0510 e. The molecule has 0 bridgehead atoms. The second kappa shape index (κ2) is 6.12. The number of hydrogen-bond donors (Lipinski definition) is 1. The van der Waals surface area contributed by atoms with Crippen molar-refractivity contribution in [1.82, 2.24) is 0 Å². The minimum absolute atomic E-state index is 0.360. The van der Waals surface area contributed by atoms with Crippen molar-refractivity contribution in [2.45, 2.75) is 38.1 Å². The zero-order valence-electron chi connectivity index (χ0n) is 9.49. The molecule has 0 aromatic carbocycles. The predicted octanol–water partition coefficient (Wildman–Crippen LogP) is 2.27. The van der Waals surface area contributed by atoms with Crippen molar-refractivity contribution in [2.24, 2.45) is 17.6 Å². The molecule has 88 valence electrons. The highest BCUT2D eigenvalue weighted by Gasteiger charge is 2.23. The summed E-state index contributed by atoms with van der Waals surface area (Å²) >= 11 is 2.06. The molecule has 0 aromatic rings. The molecular formula is C12H23NOS. The second-order valence-electron chi connectivity index (χ2n) is 4.98. The number of ether oxygens (including phenoxy) is 1. The molecule has 3 heteroatoms. The van der Waals surface area contributed by atoms with Gasteiger partial charge in [0.2, 0.25) is 0 Å². The van der Waals surface area contributed by atoms with Crippen LogP contribution in [-0.2, 0) is 4.74 Å². The van der Waals surface area contributed by atoms with Crippen LogP contribution in [0.2, 0.25) is 0 Å². The maximum atomic E-state index is 6.16. The van der Waals surface area contributed by atoms with Crippen LogP contribution in [0.5, 0.6) is 0 Å². The summed E-state index contributed by atoms with van der Waals surface area (Å²) in [6, 6.07) is 0.360.